The van der Waals surface area contributed by atoms with Gasteiger partial charge >= 0.3 is 5.97 Å². The number of carboxylic acid groups (broad SMARTS) is 1. The van der Waals surface area contributed by atoms with E-state index in [1.165, 1.54) is 32.1 Å². The number of piperidine rings is 1. The number of aliphatic carboxylic acids is 1. The van der Waals surface area contributed by atoms with E-state index in [1.54, 1.807) is 7.05 Å². The largest absolute Gasteiger partial charge is 0.481 e. The van der Waals surface area contributed by atoms with Gasteiger partial charge in [0.1, 0.15) is 0 Å². The summed E-state index contributed by atoms with van der Waals surface area (Å²) in [6.07, 6.45) is 11.3. The number of likely N-dealkylation sites (N-methyl/N-ethyl adjacent to an activating group) is 1. The van der Waals surface area contributed by atoms with Gasteiger partial charge < -0.3 is 26.0 Å². The molecular formula is C20H40N2O4. The van der Waals surface area contributed by atoms with Crippen LogP contribution in [0, 0.1) is 0 Å². The first-order chi connectivity index (χ1) is 12.4. The first-order valence-electron chi connectivity index (χ1n) is 10.4. The molecule has 1 aliphatic heterocycles. The fraction of sp³-hybridized carbons (Fsp3) is 0.950. The van der Waals surface area contributed by atoms with Gasteiger partial charge in [-0.2, -0.15) is 0 Å². The summed E-state index contributed by atoms with van der Waals surface area (Å²) in [5.41, 5.74) is -1.13. The topological polar surface area (TPSA) is 102 Å². The van der Waals surface area contributed by atoms with Crippen molar-refractivity contribution in [1.29, 1.82) is 0 Å². The Balaban J connectivity index is 1.99. The summed E-state index contributed by atoms with van der Waals surface area (Å²) in [6.45, 7) is 2.38. The number of unbranched alkanes of at least 4 members (excludes halogenated alkanes) is 6. The van der Waals surface area contributed by atoms with Crippen LogP contribution in [0.25, 0.3) is 0 Å². The lowest BCUT2D eigenvalue weighted by molar-refractivity contribution is -0.142. The monoisotopic (exact) mass is 372 g/mol. The molecule has 1 aliphatic rings. The zero-order chi connectivity index (χ0) is 19.4. The minimum absolute atomic E-state index is 0.187. The van der Waals surface area contributed by atoms with Gasteiger partial charge in [0.15, 0.2) is 0 Å². The van der Waals surface area contributed by atoms with E-state index in [-0.39, 0.29) is 18.6 Å². The van der Waals surface area contributed by atoms with E-state index in [9.17, 15) is 15.0 Å². The lowest BCUT2D eigenvalue weighted by Gasteiger charge is -2.32. The van der Waals surface area contributed by atoms with Gasteiger partial charge in [-0.3, -0.25) is 4.79 Å². The minimum atomic E-state index is -1.13. The lowest BCUT2D eigenvalue weighted by atomic mass is 9.91. The maximum Gasteiger partial charge on any atom is 0.306 e. The summed E-state index contributed by atoms with van der Waals surface area (Å²) < 4.78 is 0. The maximum atomic E-state index is 10.9. The normalized spacial score (nSPS) is 25.8. The van der Waals surface area contributed by atoms with E-state index in [0.29, 0.717) is 19.0 Å². The Morgan fingerprint density at radius 3 is 2.31 bits per heavy atom. The zero-order valence-electron chi connectivity index (χ0n) is 16.7. The van der Waals surface area contributed by atoms with Gasteiger partial charge in [-0.1, -0.05) is 44.9 Å². The Hall–Kier alpha value is -0.690. The van der Waals surface area contributed by atoms with Crippen molar-refractivity contribution in [2.75, 3.05) is 13.6 Å². The Morgan fingerprint density at radius 1 is 1.12 bits per heavy atom. The molecule has 154 valence electrons. The van der Waals surface area contributed by atoms with Gasteiger partial charge in [-0.25, -0.2) is 0 Å². The summed E-state index contributed by atoms with van der Waals surface area (Å²) in [5.74, 6) is -0.945. The Bertz CT molecular complexity index is 394. The number of carbonyl (C=O) groups is 1. The Kier molecular flexibility index (Phi) is 11.4. The highest BCUT2D eigenvalue weighted by molar-refractivity contribution is 5.68. The quantitative estimate of drug-likeness (QED) is 0.300. The zero-order valence-corrected chi connectivity index (χ0v) is 16.7. The maximum absolute atomic E-state index is 10.9. The summed E-state index contributed by atoms with van der Waals surface area (Å²) in [6, 6.07) is 0.781. The van der Waals surface area contributed by atoms with Crippen LogP contribution in [0.4, 0.5) is 0 Å². The summed E-state index contributed by atoms with van der Waals surface area (Å²) in [5, 5.41) is 35.4. The summed E-state index contributed by atoms with van der Waals surface area (Å²) in [4.78, 5) is 10.9. The summed E-state index contributed by atoms with van der Waals surface area (Å²) >= 11 is 0. The van der Waals surface area contributed by atoms with Gasteiger partial charge in [0.25, 0.3) is 0 Å². The highest BCUT2D eigenvalue weighted by Crippen LogP contribution is 2.21. The number of rotatable bonds is 14. The van der Waals surface area contributed by atoms with Crippen LogP contribution in [0.5, 0.6) is 0 Å². The van der Waals surface area contributed by atoms with Crippen LogP contribution in [0.1, 0.15) is 84.0 Å². The van der Waals surface area contributed by atoms with Gasteiger partial charge in [0.2, 0.25) is 0 Å². The molecule has 1 heterocycles. The fourth-order valence-corrected chi connectivity index (χ4v) is 3.99. The van der Waals surface area contributed by atoms with Crippen molar-refractivity contribution < 1.29 is 20.1 Å². The van der Waals surface area contributed by atoms with E-state index in [0.717, 1.165) is 32.1 Å². The average molecular weight is 373 g/mol. The van der Waals surface area contributed by atoms with Crippen molar-refractivity contribution in [3.05, 3.63) is 0 Å². The number of hydrogen-bond donors (Lipinski definition) is 5. The molecule has 0 saturated carbocycles. The molecule has 1 rings (SSSR count). The van der Waals surface area contributed by atoms with Crippen molar-refractivity contribution in [2.24, 2.45) is 0 Å². The second-order valence-electron chi connectivity index (χ2n) is 8.14. The van der Waals surface area contributed by atoms with Gasteiger partial charge in [0.05, 0.1) is 18.1 Å². The molecule has 4 atom stereocenters. The number of nitrogens with one attached hydrogen (secondary N) is 2. The number of hydrogen-bond acceptors (Lipinski definition) is 5. The smallest absolute Gasteiger partial charge is 0.306 e. The number of aliphatic hydroxyl groups excluding tert-OH is 1. The van der Waals surface area contributed by atoms with Crippen LogP contribution in [0.3, 0.4) is 0 Å². The van der Waals surface area contributed by atoms with Gasteiger partial charge in [-0.15, -0.1) is 0 Å². The Morgan fingerprint density at radius 2 is 1.73 bits per heavy atom. The molecule has 6 heteroatoms. The average Bonchev–Trinajstić information content (AvgIpc) is 2.56. The van der Waals surface area contributed by atoms with Crippen LogP contribution in [0.2, 0.25) is 0 Å². The van der Waals surface area contributed by atoms with Crippen molar-refractivity contribution in [3.63, 3.8) is 0 Å². The first kappa shape index (κ1) is 23.3. The molecule has 0 aromatic heterocycles. The number of aliphatic hydroxyl groups is 2. The molecule has 6 nitrogen and oxygen atoms in total. The van der Waals surface area contributed by atoms with E-state index < -0.39 is 11.6 Å². The van der Waals surface area contributed by atoms with Crippen LogP contribution in [0.15, 0.2) is 0 Å². The van der Waals surface area contributed by atoms with Crippen molar-refractivity contribution >= 4 is 5.97 Å². The SMILES string of the molecule is CNC[C@@](O)(CCCCCCCCC[C@@H]1CC[C@@H](O)[C@H](C)N1)CC(=O)O. The van der Waals surface area contributed by atoms with E-state index in [2.05, 4.69) is 17.6 Å². The van der Waals surface area contributed by atoms with E-state index >= 15 is 0 Å². The molecule has 0 aromatic carbocycles. The highest BCUT2D eigenvalue weighted by Gasteiger charge is 2.28. The van der Waals surface area contributed by atoms with Crippen molar-refractivity contribution in [2.45, 2.75) is 108 Å². The third-order valence-electron chi connectivity index (χ3n) is 5.57. The standard InChI is InChI=1S/C20H40N2O4/c1-16-18(23)12-11-17(22-16)10-8-6-4-3-5-7-9-13-20(26,15-21-2)14-19(24)25/h16-18,21-23,26H,3-15H2,1-2H3,(H,24,25)/t16-,17+,18+,20+/m0/s1. The number of carboxylic acids is 1. The van der Waals surface area contributed by atoms with Crippen LogP contribution in [-0.4, -0.2) is 58.7 Å². The van der Waals surface area contributed by atoms with Crippen LogP contribution in [-0.2, 0) is 4.79 Å². The van der Waals surface area contributed by atoms with Crippen molar-refractivity contribution in [3.8, 4) is 0 Å². The molecule has 0 bridgehead atoms. The van der Waals surface area contributed by atoms with E-state index in [4.69, 9.17) is 5.11 Å². The van der Waals surface area contributed by atoms with Crippen LogP contribution >= 0.6 is 0 Å². The second kappa shape index (κ2) is 12.7. The first-order valence-corrected chi connectivity index (χ1v) is 10.4. The molecule has 26 heavy (non-hydrogen) atoms. The predicted molar refractivity (Wildman–Crippen MR) is 104 cm³/mol. The third-order valence-corrected chi connectivity index (χ3v) is 5.57. The van der Waals surface area contributed by atoms with Gasteiger partial charge in [0, 0.05) is 18.6 Å². The molecule has 0 aromatic rings. The lowest BCUT2D eigenvalue weighted by Crippen LogP contribution is -2.48. The second-order valence-corrected chi connectivity index (χ2v) is 8.14. The molecule has 0 unspecified atom stereocenters. The molecule has 0 spiro atoms. The Labute approximate surface area is 158 Å². The fourth-order valence-electron chi connectivity index (χ4n) is 3.99. The highest BCUT2D eigenvalue weighted by atomic mass is 16.4. The molecule has 1 fully saturated rings. The van der Waals surface area contributed by atoms with Gasteiger partial charge in [-0.05, 0) is 39.7 Å². The molecule has 5 N–H and O–H groups in total. The molecule has 1 saturated heterocycles. The predicted octanol–water partition coefficient (Wildman–Crippen LogP) is 2.42. The molecular weight excluding hydrogens is 332 g/mol. The van der Waals surface area contributed by atoms with E-state index in [1.807, 2.05) is 0 Å². The molecule has 0 radical (unpaired) electrons. The summed E-state index contributed by atoms with van der Waals surface area (Å²) in [7, 11) is 1.73. The minimum Gasteiger partial charge on any atom is -0.481 e. The van der Waals surface area contributed by atoms with Crippen LogP contribution < -0.4 is 10.6 Å². The third kappa shape index (κ3) is 9.86. The molecule has 0 aliphatic carbocycles. The van der Waals surface area contributed by atoms with Crippen molar-refractivity contribution in [1.82, 2.24) is 10.6 Å². The molecule has 0 amide bonds.